The van der Waals surface area contributed by atoms with Crippen molar-refractivity contribution < 1.29 is 4.79 Å². The largest absolute Gasteiger partial charge is 0.356 e. The molecule has 0 fully saturated rings. The lowest BCUT2D eigenvalue weighted by molar-refractivity contribution is -0.121. The fourth-order valence-corrected chi connectivity index (χ4v) is 5.51. The van der Waals surface area contributed by atoms with Crippen LogP contribution < -0.4 is 10.9 Å². The summed E-state index contributed by atoms with van der Waals surface area (Å²) in [6.45, 7) is 1.06. The van der Waals surface area contributed by atoms with Gasteiger partial charge < -0.3 is 14.9 Å². The maximum Gasteiger partial charge on any atom is 0.293 e. The van der Waals surface area contributed by atoms with Gasteiger partial charge in [0, 0.05) is 55.0 Å². The second kappa shape index (κ2) is 9.34. The first-order chi connectivity index (χ1) is 17.7. The molecule has 2 N–H and O–H groups in total. The van der Waals surface area contributed by atoms with Gasteiger partial charge in [-0.1, -0.05) is 35.5 Å². The summed E-state index contributed by atoms with van der Waals surface area (Å²) in [7, 11) is 0. The van der Waals surface area contributed by atoms with Crippen molar-refractivity contribution in [3.8, 4) is 11.3 Å². The molecule has 0 saturated heterocycles. The highest BCUT2D eigenvalue weighted by Gasteiger charge is 2.22. The number of imidazole rings is 1. The van der Waals surface area contributed by atoms with Gasteiger partial charge in [-0.2, -0.15) is 4.52 Å². The van der Waals surface area contributed by atoms with E-state index < -0.39 is 0 Å². The summed E-state index contributed by atoms with van der Waals surface area (Å²) < 4.78 is 4.01. The number of aromatic amines is 1. The van der Waals surface area contributed by atoms with Gasteiger partial charge in [0.15, 0.2) is 5.65 Å². The molecule has 5 heterocycles. The van der Waals surface area contributed by atoms with Crippen LogP contribution in [0.4, 0.5) is 0 Å². The third-order valence-electron chi connectivity index (χ3n) is 6.10. The van der Waals surface area contributed by atoms with Crippen LogP contribution in [0, 0.1) is 0 Å². The van der Waals surface area contributed by atoms with E-state index in [0.29, 0.717) is 48.4 Å². The van der Waals surface area contributed by atoms with Gasteiger partial charge >= 0.3 is 0 Å². The number of nitrogens with zero attached hydrogens (tertiary/aromatic N) is 6. The number of carbonyl (C=O) groups excluding carboxylic acids is 1. The number of hydrogen-bond acceptors (Lipinski definition) is 7. The number of aromatic nitrogens is 7. The van der Waals surface area contributed by atoms with Crippen molar-refractivity contribution in [2.45, 2.75) is 25.8 Å². The molecule has 11 heteroatoms. The monoisotopic (exact) mass is 498 g/mol. The number of amides is 1. The minimum atomic E-state index is -0.217. The molecule has 0 spiro atoms. The summed E-state index contributed by atoms with van der Waals surface area (Å²) in [6.07, 6.45) is 6.74. The van der Waals surface area contributed by atoms with E-state index in [1.807, 2.05) is 42.5 Å². The average Bonchev–Trinajstić information content (AvgIpc) is 3.66. The van der Waals surface area contributed by atoms with Crippen LogP contribution in [0.25, 0.3) is 37.3 Å². The number of fused-ring (bicyclic) bond motifs is 4. The molecule has 6 aromatic rings. The number of aryl methyl sites for hydroxylation is 1. The van der Waals surface area contributed by atoms with Crippen LogP contribution in [0.2, 0.25) is 0 Å². The van der Waals surface area contributed by atoms with Crippen LogP contribution in [0.3, 0.4) is 0 Å². The fourth-order valence-electron chi connectivity index (χ4n) is 4.44. The molecule has 0 unspecified atom stereocenters. The van der Waals surface area contributed by atoms with Gasteiger partial charge in [0.1, 0.15) is 15.2 Å². The molecule has 0 saturated carbocycles. The topological polar surface area (TPSA) is 123 Å². The molecule has 10 nitrogen and oxygen atoms in total. The van der Waals surface area contributed by atoms with Crippen molar-refractivity contribution >= 4 is 43.3 Å². The molecule has 36 heavy (non-hydrogen) atoms. The van der Waals surface area contributed by atoms with Gasteiger partial charge in [-0.3, -0.25) is 9.59 Å². The van der Waals surface area contributed by atoms with E-state index in [1.54, 1.807) is 18.7 Å². The minimum Gasteiger partial charge on any atom is -0.356 e. The highest BCUT2D eigenvalue weighted by Crippen LogP contribution is 2.33. The molecule has 0 aliphatic rings. The summed E-state index contributed by atoms with van der Waals surface area (Å²) >= 11 is 1.35. The smallest absolute Gasteiger partial charge is 0.293 e. The number of benzene rings is 1. The highest BCUT2D eigenvalue weighted by molar-refractivity contribution is 7.25. The van der Waals surface area contributed by atoms with Crippen LogP contribution in [-0.2, 0) is 17.8 Å². The number of hydrogen-bond donors (Lipinski definition) is 2. The molecule has 5 aromatic heterocycles. The van der Waals surface area contributed by atoms with E-state index in [4.69, 9.17) is 0 Å². The average molecular weight is 499 g/mol. The number of thiophene rings is 1. The normalized spacial score (nSPS) is 11.6. The van der Waals surface area contributed by atoms with Gasteiger partial charge in [-0.05, 0) is 18.6 Å². The molecular formula is C25H22N8O2S. The summed E-state index contributed by atoms with van der Waals surface area (Å²) in [5, 5.41) is 12.5. The summed E-state index contributed by atoms with van der Waals surface area (Å²) in [5.74, 6) is -0.0189. The first kappa shape index (κ1) is 22.1. The zero-order valence-corrected chi connectivity index (χ0v) is 20.0. The zero-order chi connectivity index (χ0) is 24.5. The molecule has 0 radical (unpaired) electrons. The van der Waals surface area contributed by atoms with Crippen LogP contribution in [0.1, 0.15) is 18.5 Å². The Morgan fingerprint density at radius 3 is 2.86 bits per heavy atom. The Hall–Kier alpha value is -4.38. The summed E-state index contributed by atoms with van der Waals surface area (Å²) in [6, 6.07) is 13.5. The van der Waals surface area contributed by atoms with E-state index in [1.165, 1.54) is 15.9 Å². The molecular weight excluding hydrogens is 476 g/mol. The lowest BCUT2D eigenvalue weighted by Gasteiger charge is -2.13. The molecule has 0 aliphatic heterocycles. The quantitative estimate of drug-likeness (QED) is 0.332. The third-order valence-corrected chi connectivity index (χ3v) is 7.19. The number of pyridine rings is 1. The maximum absolute atomic E-state index is 13.4. The predicted molar refractivity (Wildman–Crippen MR) is 138 cm³/mol. The lowest BCUT2D eigenvalue weighted by atomic mass is 10.1. The summed E-state index contributed by atoms with van der Waals surface area (Å²) in [4.78, 5) is 38.2. The van der Waals surface area contributed by atoms with Crippen LogP contribution in [0.5, 0.6) is 0 Å². The van der Waals surface area contributed by atoms with Gasteiger partial charge in [0.25, 0.3) is 5.56 Å². The molecule has 180 valence electrons. The van der Waals surface area contributed by atoms with Crippen molar-refractivity contribution in [2.75, 3.05) is 6.54 Å². The lowest BCUT2D eigenvalue weighted by Crippen LogP contribution is -2.26. The summed E-state index contributed by atoms with van der Waals surface area (Å²) in [5.41, 5.74) is 3.68. The highest BCUT2D eigenvalue weighted by atomic mass is 32.1. The predicted octanol–water partition coefficient (Wildman–Crippen LogP) is 3.18. The molecule has 1 aromatic carbocycles. The van der Waals surface area contributed by atoms with Crippen LogP contribution in [-0.4, -0.2) is 46.8 Å². The van der Waals surface area contributed by atoms with E-state index in [-0.39, 0.29) is 11.5 Å². The van der Waals surface area contributed by atoms with Crippen molar-refractivity contribution in [3.63, 3.8) is 0 Å². The number of nitrogens with one attached hydrogen (secondary N) is 2. The van der Waals surface area contributed by atoms with E-state index in [0.717, 1.165) is 27.0 Å². The first-order valence-electron chi connectivity index (χ1n) is 11.7. The van der Waals surface area contributed by atoms with Crippen molar-refractivity contribution in [1.29, 1.82) is 0 Å². The standard InChI is InChI=1S/C25H22N8O2S/c34-19(27-12-10-17-14-26-15-29-17)9-5-13-32-21-18-8-4-11-28-23(18)36-22(21)25(35)33-24(32)20(30-31-33)16-6-2-1-3-7-16/h1-4,6-8,11,14-15H,5,9-10,12-13H2,(H,26,29)(H,27,34). The van der Waals surface area contributed by atoms with Gasteiger partial charge in [-0.15, -0.1) is 16.4 Å². The van der Waals surface area contributed by atoms with Crippen LogP contribution in [0.15, 0.2) is 66.0 Å². The van der Waals surface area contributed by atoms with Gasteiger partial charge in [-0.25, -0.2) is 9.97 Å². The number of carbonyl (C=O) groups is 1. The Balaban J connectivity index is 1.36. The third kappa shape index (κ3) is 3.93. The first-order valence-corrected chi connectivity index (χ1v) is 12.5. The van der Waals surface area contributed by atoms with Crippen LogP contribution >= 0.6 is 11.3 Å². The van der Waals surface area contributed by atoms with Crippen molar-refractivity contribution in [3.05, 3.63) is 77.2 Å². The van der Waals surface area contributed by atoms with E-state index >= 15 is 0 Å². The Bertz CT molecular complexity index is 1730. The van der Waals surface area contributed by atoms with E-state index in [2.05, 4.69) is 35.1 Å². The van der Waals surface area contributed by atoms with E-state index in [9.17, 15) is 9.59 Å². The Morgan fingerprint density at radius 1 is 1.14 bits per heavy atom. The maximum atomic E-state index is 13.4. The Morgan fingerprint density at radius 2 is 2.03 bits per heavy atom. The van der Waals surface area contributed by atoms with Gasteiger partial charge in [0.2, 0.25) is 5.91 Å². The molecule has 6 rings (SSSR count). The molecule has 1 amide bonds. The Labute approximate surface area is 208 Å². The number of H-pyrrole nitrogens is 1. The SMILES string of the molecule is O=C(CCCn1c2c(sc3ncccc32)c(=O)n2nnc(-c3ccccc3)c12)NCCc1cnc[nH]1. The second-order valence-corrected chi connectivity index (χ2v) is 9.41. The van der Waals surface area contributed by atoms with Crippen molar-refractivity contribution in [1.82, 2.24) is 39.7 Å². The number of rotatable bonds is 8. The van der Waals surface area contributed by atoms with Gasteiger partial charge in [0.05, 0.1) is 11.8 Å². The minimum absolute atomic E-state index is 0.0189. The second-order valence-electron chi connectivity index (χ2n) is 8.41. The van der Waals surface area contributed by atoms with Crippen molar-refractivity contribution in [2.24, 2.45) is 0 Å². The molecule has 0 atom stereocenters. The Kier molecular flexibility index (Phi) is 5.74. The zero-order valence-electron chi connectivity index (χ0n) is 19.2. The fraction of sp³-hybridized carbons (Fsp3) is 0.200. The molecule has 0 aliphatic carbocycles. The molecule has 0 bridgehead atoms.